The second-order valence-electron chi connectivity index (χ2n) is 4.60. The van der Waals surface area contributed by atoms with Crippen LogP contribution in [0.25, 0.3) is 6.08 Å². The topological polar surface area (TPSA) is 63.4 Å². The Morgan fingerprint density at radius 1 is 1.53 bits per heavy atom. The number of rotatable bonds is 6. The van der Waals surface area contributed by atoms with E-state index in [0.29, 0.717) is 6.54 Å². The lowest BCUT2D eigenvalue weighted by atomic mass is 10.2. The van der Waals surface area contributed by atoms with Crippen molar-refractivity contribution in [1.29, 1.82) is 0 Å². The number of primary amides is 1. The van der Waals surface area contributed by atoms with Gasteiger partial charge in [0, 0.05) is 12.6 Å². The van der Waals surface area contributed by atoms with Gasteiger partial charge in [0.05, 0.1) is 10.3 Å². The summed E-state index contributed by atoms with van der Waals surface area (Å²) in [5, 5.41) is 1.94. The molecule has 2 N–H and O–H groups in total. The third-order valence-electron chi connectivity index (χ3n) is 2.25. The minimum Gasteiger partial charge on any atom is -0.368 e. The summed E-state index contributed by atoms with van der Waals surface area (Å²) in [5.41, 5.74) is 6.11. The van der Waals surface area contributed by atoms with Crippen molar-refractivity contribution in [2.24, 2.45) is 11.7 Å². The summed E-state index contributed by atoms with van der Waals surface area (Å²) in [7, 11) is 0. The van der Waals surface area contributed by atoms with E-state index in [1.807, 2.05) is 25.3 Å². The molecule has 0 atom stereocenters. The minimum absolute atomic E-state index is 0.0469. The van der Waals surface area contributed by atoms with Crippen LogP contribution in [-0.2, 0) is 9.59 Å². The lowest BCUT2D eigenvalue weighted by Crippen LogP contribution is -2.39. The summed E-state index contributed by atoms with van der Waals surface area (Å²) in [4.78, 5) is 24.5. The average Bonchev–Trinajstić information content (AvgIpc) is 2.70. The number of amides is 2. The lowest BCUT2D eigenvalue weighted by Gasteiger charge is -2.21. The molecule has 6 heteroatoms. The minimum atomic E-state index is -0.499. The van der Waals surface area contributed by atoms with Crippen LogP contribution in [0.15, 0.2) is 21.3 Å². The molecule has 2 amide bonds. The number of carbonyl (C=O) groups is 2. The van der Waals surface area contributed by atoms with E-state index in [9.17, 15) is 9.59 Å². The van der Waals surface area contributed by atoms with Gasteiger partial charge in [0.25, 0.3) is 0 Å². The molecule has 0 spiro atoms. The molecule has 0 aliphatic rings. The van der Waals surface area contributed by atoms with E-state index in [1.54, 1.807) is 17.4 Å². The maximum atomic E-state index is 12.0. The van der Waals surface area contributed by atoms with Crippen molar-refractivity contribution in [2.45, 2.75) is 13.8 Å². The molecule has 4 nitrogen and oxygen atoms in total. The van der Waals surface area contributed by atoms with Crippen LogP contribution in [0.3, 0.4) is 0 Å². The molecule has 1 heterocycles. The first-order chi connectivity index (χ1) is 8.88. The first-order valence-electron chi connectivity index (χ1n) is 5.88. The largest absolute Gasteiger partial charge is 0.368 e. The molecule has 1 aromatic heterocycles. The zero-order valence-corrected chi connectivity index (χ0v) is 13.3. The predicted octanol–water partition coefficient (Wildman–Crippen LogP) is 2.49. The Bertz CT molecular complexity index is 483. The van der Waals surface area contributed by atoms with Gasteiger partial charge in [0.2, 0.25) is 11.8 Å². The van der Waals surface area contributed by atoms with Gasteiger partial charge in [-0.1, -0.05) is 13.8 Å². The molecule has 0 fully saturated rings. The summed E-state index contributed by atoms with van der Waals surface area (Å²) in [6, 6.07) is 1.93. The monoisotopic (exact) mass is 344 g/mol. The Morgan fingerprint density at radius 2 is 2.21 bits per heavy atom. The van der Waals surface area contributed by atoms with Gasteiger partial charge in [-0.25, -0.2) is 0 Å². The highest BCUT2D eigenvalue weighted by atomic mass is 79.9. The van der Waals surface area contributed by atoms with Gasteiger partial charge < -0.3 is 10.6 Å². The molecule has 0 aliphatic carbocycles. The van der Waals surface area contributed by atoms with E-state index >= 15 is 0 Å². The highest BCUT2D eigenvalue weighted by Gasteiger charge is 2.14. The number of carbonyl (C=O) groups excluding carboxylic acids is 2. The second kappa shape index (κ2) is 7.45. The smallest absolute Gasteiger partial charge is 0.247 e. The number of hydrogen-bond donors (Lipinski definition) is 1. The molecule has 0 saturated carbocycles. The molecular formula is C13H17BrN2O2S. The molecule has 104 valence electrons. The first kappa shape index (κ1) is 15.9. The van der Waals surface area contributed by atoms with Crippen LogP contribution in [0.4, 0.5) is 0 Å². The van der Waals surface area contributed by atoms with Crippen molar-refractivity contribution in [3.05, 3.63) is 26.9 Å². The molecule has 0 aliphatic heterocycles. The quantitative estimate of drug-likeness (QED) is 0.805. The van der Waals surface area contributed by atoms with E-state index in [4.69, 9.17) is 5.73 Å². The molecule has 19 heavy (non-hydrogen) atoms. The van der Waals surface area contributed by atoms with Gasteiger partial charge in [-0.3, -0.25) is 9.59 Å². The third kappa shape index (κ3) is 6.02. The van der Waals surface area contributed by atoms with Crippen LogP contribution in [-0.4, -0.2) is 29.8 Å². The fraction of sp³-hybridized carbons (Fsp3) is 0.385. The van der Waals surface area contributed by atoms with Crippen LogP contribution in [0, 0.1) is 5.92 Å². The Hall–Kier alpha value is -1.14. The highest BCUT2D eigenvalue weighted by molar-refractivity contribution is 9.11. The number of thiophene rings is 1. The molecule has 0 radical (unpaired) electrons. The second-order valence-corrected chi connectivity index (χ2v) is 6.89. The normalized spacial score (nSPS) is 11.2. The van der Waals surface area contributed by atoms with Crippen molar-refractivity contribution in [3.63, 3.8) is 0 Å². The fourth-order valence-corrected chi connectivity index (χ4v) is 2.69. The van der Waals surface area contributed by atoms with E-state index in [1.165, 1.54) is 11.0 Å². The summed E-state index contributed by atoms with van der Waals surface area (Å²) in [5.74, 6) is -0.414. The van der Waals surface area contributed by atoms with Crippen molar-refractivity contribution >= 4 is 45.2 Å². The molecule has 0 unspecified atom stereocenters. The number of hydrogen-bond acceptors (Lipinski definition) is 3. The van der Waals surface area contributed by atoms with Gasteiger partial charge >= 0.3 is 0 Å². The molecule has 1 rings (SSSR count). The van der Waals surface area contributed by atoms with Gasteiger partial charge in [-0.2, -0.15) is 0 Å². The van der Waals surface area contributed by atoms with Gasteiger partial charge in [0.1, 0.15) is 0 Å². The van der Waals surface area contributed by atoms with Gasteiger partial charge in [0.15, 0.2) is 0 Å². The summed E-state index contributed by atoms with van der Waals surface area (Å²) in [6.07, 6.45) is 3.21. The summed E-state index contributed by atoms with van der Waals surface area (Å²) >= 11 is 4.91. The van der Waals surface area contributed by atoms with Crippen molar-refractivity contribution in [3.8, 4) is 0 Å². The molecule has 0 bridgehead atoms. The third-order valence-corrected chi connectivity index (χ3v) is 3.77. The van der Waals surface area contributed by atoms with Crippen LogP contribution in [0.2, 0.25) is 0 Å². The molecular weight excluding hydrogens is 328 g/mol. The zero-order valence-electron chi connectivity index (χ0n) is 10.9. The average molecular weight is 345 g/mol. The molecule has 0 aromatic carbocycles. The van der Waals surface area contributed by atoms with E-state index < -0.39 is 5.91 Å². The maximum absolute atomic E-state index is 12.0. The Balaban J connectivity index is 2.70. The van der Waals surface area contributed by atoms with Gasteiger partial charge in [-0.15, -0.1) is 11.3 Å². The van der Waals surface area contributed by atoms with Crippen molar-refractivity contribution < 1.29 is 9.59 Å². The molecule has 1 aromatic rings. The lowest BCUT2D eigenvalue weighted by molar-refractivity contribution is -0.131. The van der Waals surface area contributed by atoms with Crippen LogP contribution in [0.5, 0.6) is 0 Å². The number of nitrogens with zero attached hydrogens (tertiary/aromatic N) is 1. The standard InChI is InChI=1S/C13H17BrN2O2S/c1-9(2)6-16(7-12(15)17)13(18)4-3-10-5-11(14)19-8-10/h3-5,8-9H,6-7H2,1-2H3,(H2,15,17)/b4-3-. The van der Waals surface area contributed by atoms with E-state index in [2.05, 4.69) is 15.9 Å². The Morgan fingerprint density at radius 3 is 2.68 bits per heavy atom. The highest BCUT2D eigenvalue weighted by Crippen LogP contribution is 2.21. The van der Waals surface area contributed by atoms with Gasteiger partial charge in [-0.05, 0) is 44.9 Å². The maximum Gasteiger partial charge on any atom is 0.247 e. The summed E-state index contributed by atoms with van der Waals surface area (Å²) < 4.78 is 1.01. The SMILES string of the molecule is CC(C)CN(CC(N)=O)C(=O)/C=C\c1csc(Br)c1. The van der Waals surface area contributed by atoms with Crippen molar-refractivity contribution in [1.82, 2.24) is 4.90 Å². The number of nitrogens with two attached hydrogens (primary N) is 1. The fourth-order valence-electron chi connectivity index (χ4n) is 1.55. The van der Waals surface area contributed by atoms with E-state index in [-0.39, 0.29) is 18.4 Å². The van der Waals surface area contributed by atoms with Crippen molar-refractivity contribution in [2.75, 3.05) is 13.1 Å². The zero-order chi connectivity index (χ0) is 14.4. The molecule has 0 saturated heterocycles. The van der Waals surface area contributed by atoms with Crippen LogP contribution in [0.1, 0.15) is 19.4 Å². The first-order valence-corrected chi connectivity index (χ1v) is 7.55. The Labute approximate surface area is 125 Å². The Kier molecular flexibility index (Phi) is 6.24. The predicted molar refractivity (Wildman–Crippen MR) is 81.7 cm³/mol. The van der Waals surface area contributed by atoms with Crippen LogP contribution < -0.4 is 5.73 Å². The summed E-state index contributed by atoms with van der Waals surface area (Å²) in [6.45, 7) is 4.44. The number of halogens is 1. The van der Waals surface area contributed by atoms with E-state index in [0.717, 1.165) is 9.35 Å². The van der Waals surface area contributed by atoms with Crippen LogP contribution >= 0.6 is 27.3 Å².